The molecule has 1 aromatic heterocycles. The summed E-state index contributed by atoms with van der Waals surface area (Å²) in [7, 11) is 0. The second kappa shape index (κ2) is 7.05. The summed E-state index contributed by atoms with van der Waals surface area (Å²) >= 11 is 3.74. The van der Waals surface area contributed by atoms with Gasteiger partial charge in [-0.15, -0.1) is 0 Å². The van der Waals surface area contributed by atoms with Gasteiger partial charge in [-0.25, -0.2) is 0 Å². The lowest BCUT2D eigenvalue weighted by Gasteiger charge is -2.34. The van der Waals surface area contributed by atoms with Crippen molar-refractivity contribution in [2.45, 2.75) is 59.2 Å². The molecule has 0 saturated carbocycles. The monoisotopic (exact) mass is 342 g/mol. The fourth-order valence-corrected chi connectivity index (χ4v) is 3.73. The van der Waals surface area contributed by atoms with Gasteiger partial charge < -0.3 is 5.73 Å². The first-order chi connectivity index (χ1) is 9.56. The zero-order valence-corrected chi connectivity index (χ0v) is 14.5. The van der Waals surface area contributed by atoms with Crippen LogP contribution in [-0.2, 0) is 19.5 Å². The summed E-state index contributed by atoms with van der Waals surface area (Å²) in [5, 5.41) is 4.68. The number of aryl methyl sites for hydroxylation is 2. The maximum Gasteiger partial charge on any atom is 0.0767 e. The molecule has 2 atom stereocenters. The van der Waals surface area contributed by atoms with E-state index in [1.165, 1.54) is 35.2 Å². The highest BCUT2D eigenvalue weighted by molar-refractivity contribution is 9.10. The van der Waals surface area contributed by atoms with Crippen molar-refractivity contribution >= 4 is 15.9 Å². The van der Waals surface area contributed by atoms with Crippen LogP contribution in [0.1, 0.15) is 45.0 Å². The summed E-state index contributed by atoms with van der Waals surface area (Å²) < 4.78 is 3.34. The minimum Gasteiger partial charge on any atom is -0.328 e. The smallest absolute Gasteiger partial charge is 0.0767 e. The van der Waals surface area contributed by atoms with Crippen LogP contribution in [0.4, 0.5) is 0 Å². The van der Waals surface area contributed by atoms with E-state index in [0.29, 0.717) is 12.0 Å². The molecule has 1 fully saturated rings. The Morgan fingerprint density at radius 1 is 1.45 bits per heavy atom. The maximum atomic E-state index is 6.08. The Kier molecular flexibility index (Phi) is 5.64. The molecule has 0 radical (unpaired) electrons. The van der Waals surface area contributed by atoms with Crippen molar-refractivity contribution in [2.75, 3.05) is 13.1 Å². The minimum absolute atomic E-state index is 0.295. The summed E-state index contributed by atoms with van der Waals surface area (Å²) in [5.41, 5.74) is 8.56. The molecule has 20 heavy (non-hydrogen) atoms. The van der Waals surface area contributed by atoms with E-state index in [2.05, 4.69) is 51.4 Å². The first-order valence-electron chi connectivity index (χ1n) is 7.78. The van der Waals surface area contributed by atoms with Crippen LogP contribution in [-0.4, -0.2) is 33.8 Å². The van der Waals surface area contributed by atoms with E-state index in [4.69, 9.17) is 5.73 Å². The lowest BCUT2D eigenvalue weighted by Crippen LogP contribution is -2.42. The third kappa shape index (κ3) is 3.43. The molecule has 4 nitrogen and oxygen atoms in total. The van der Waals surface area contributed by atoms with Gasteiger partial charge in [-0.3, -0.25) is 9.58 Å². The molecule has 2 N–H and O–H groups in total. The lowest BCUT2D eigenvalue weighted by atomic mass is 9.92. The van der Waals surface area contributed by atoms with E-state index in [-0.39, 0.29) is 0 Å². The predicted octanol–water partition coefficient (Wildman–Crippen LogP) is 2.79. The molecule has 5 heteroatoms. The molecule has 0 amide bonds. The van der Waals surface area contributed by atoms with Crippen LogP contribution in [0.25, 0.3) is 0 Å². The second-order valence-corrected chi connectivity index (χ2v) is 6.67. The van der Waals surface area contributed by atoms with Crippen LogP contribution in [0.15, 0.2) is 4.47 Å². The fraction of sp³-hybridized carbons (Fsp3) is 0.800. The van der Waals surface area contributed by atoms with Gasteiger partial charge in [0.05, 0.1) is 15.9 Å². The molecule has 1 aliphatic rings. The Hall–Kier alpha value is -0.390. The maximum absolute atomic E-state index is 6.08. The van der Waals surface area contributed by atoms with Crippen molar-refractivity contribution in [2.24, 2.45) is 11.7 Å². The number of likely N-dealkylation sites (tertiary alicyclic amines) is 1. The highest BCUT2D eigenvalue weighted by Crippen LogP contribution is 2.26. The molecule has 114 valence electrons. The number of hydrogen-bond acceptors (Lipinski definition) is 3. The van der Waals surface area contributed by atoms with E-state index in [9.17, 15) is 0 Å². The van der Waals surface area contributed by atoms with Gasteiger partial charge in [-0.1, -0.05) is 6.92 Å². The molecule has 0 spiro atoms. The van der Waals surface area contributed by atoms with Crippen molar-refractivity contribution in [1.82, 2.24) is 14.7 Å². The van der Waals surface area contributed by atoms with Crippen molar-refractivity contribution in [1.29, 1.82) is 0 Å². The molecule has 1 aromatic rings. The summed E-state index contributed by atoms with van der Waals surface area (Å²) in [6, 6.07) is 0.295. The quantitative estimate of drug-likeness (QED) is 0.894. The summed E-state index contributed by atoms with van der Waals surface area (Å²) in [5.74, 6) is 0.631. The Balaban J connectivity index is 2.11. The van der Waals surface area contributed by atoms with Crippen LogP contribution in [0.2, 0.25) is 0 Å². The van der Waals surface area contributed by atoms with Gasteiger partial charge in [0.1, 0.15) is 0 Å². The van der Waals surface area contributed by atoms with Crippen molar-refractivity contribution in [3.63, 3.8) is 0 Å². The average Bonchev–Trinajstić information content (AvgIpc) is 2.75. The molecule has 2 unspecified atom stereocenters. The van der Waals surface area contributed by atoms with Gasteiger partial charge in [-0.2, -0.15) is 5.10 Å². The Morgan fingerprint density at radius 3 is 2.80 bits per heavy atom. The molecule has 2 rings (SSSR count). The number of halogens is 1. The number of rotatable bonds is 5. The summed E-state index contributed by atoms with van der Waals surface area (Å²) in [6.45, 7) is 10.6. The van der Waals surface area contributed by atoms with Gasteiger partial charge in [0.2, 0.25) is 0 Å². The molecular formula is C15H27BrN4. The van der Waals surface area contributed by atoms with Gasteiger partial charge in [0.25, 0.3) is 0 Å². The standard InChI is InChI=1S/C15H27BrN4/c1-4-13-15(16)14(20(5-2)18-13)10-19-8-6-7-12(9-19)11(3)17/h11-12H,4-10,17H2,1-3H3. The zero-order valence-electron chi connectivity index (χ0n) is 12.9. The normalized spacial score (nSPS) is 22.1. The van der Waals surface area contributed by atoms with Crippen LogP contribution in [0.5, 0.6) is 0 Å². The largest absolute Gasteiger partial charge is 0.328 e. The van der Waals surface area contributed by atoms with E-state index in [1.54, 1.807) is 0 Å². The zero-order chi connectivity index (χ0) is 14.7. The third-order valence-electron chi connectivity index (χ3n) is 4.35. The second-order valence-electron chi connectivity index (χ2n) is 5.87. The average molecular weight is 343 g/mol. The number of nitrogens with zero attached hydrogens (tertiary/aromatic N) is 3. The van der Waals surface area contributed by atoms with Gasteiger partial charge in [-0.05, 0) is 61.5 Å². The first-order valence-corrected chi connectivity index (χ1v) is 8.58. The van der Waals surface area contributed by atoms with Crippen molar-refractivity contribution in [3.8, 4) is 0 Å². The molecule has 2 heterocycles. The molecule has 1 saturated heterocycles. The van der Waals surface area contributed by atoms with E-state index in [1.807, 2.05) is 0 Å². The fourth-order valence-electron chi connectivity index (χ4n) is 3.04. The van der Waals surface area contributed by atoms with Gasteiger partial charge in [0.15, 0.2) is 0 Å². The van der Waals surface area contributed by atoms with E-state index in [0.717, 1.165) is 26.1 Å². The van der Waals surface area contributed by atoms with Gasteiger partial charge >= 0.3 is 0 Å². The predicted molar refractivity (Wildman–Crippen MR) is 86.6 cm³/mol. The molecule has 1 aliphatic heterocycles. The van der Waals surface area contributed by atoms with Gasteiger partial charge in [0, 0.05) is 25.7 Å². The van der Waals surface area contributed by atoms with Crippen molar-refractivity contribution in [3.05, 3.63) is 15.9 Å². The highest BCUT2D eigenvalue weighted by atomic mass is 79.9. The lowest BCUT2D eigenvalue weighted by molar-refractivity contribution is 0.150. The third-order valence-corrected chi connectivity index (χ3v) is 5.27. The van der Waals surface area contributed by atoms with E-state index >= 15 is 0 Å². The Labute approximate surface area is 130 Å². The van der Waals surface area contributed by atoms with Crippen LogP contribution >= 0.6 is 15.9 Å². The first kappa shape index (κ1) is 16.0. The number of piperidine rings is 1. The van der Waals surface area contributed by atoms with Crippen LogP contribution < -0.4 is 5.73 Å². The summed E-state index contributed by atoms with van der Waals surface area (Å²) in [4.78, 5) is 2.53. The number of aromatic nitrogens is 2. The molecule has 0 bridgehead atoms. The number of hydrogen-bond donors (Lipinski definition) is 1. The SMILES string of the molecule is CCc1nn(CC)c(CN2CCCC(C(C)N)C2)c1Br. The number of nitrogens with two attached hydrogens (primary N) is 1. The summed E-state index contributed by atoms with van der Waals surface area (Å²) in [6.07, 6.45) is 3.50. The highest BCUT2D eigenvalue weighted by Gasteiger charge is 2.24. The topological polar surface area (TPSA) is 47.1 Å². The van der Waals surface area contributed by atoms with Crippen LogP contribution in [0.3, 0.4) is 0 Å². The van der Waals surface area contributed by atoms with E-state index < -0.39 is 0 Å². The van der Waals surface area contributed by atoms with Crippen molar-refractivity contribution < 1.29 is 0 Å². The molecular weight excluding hydrogens is 316 g/mol. The van der Waals surface area contributed by atoms with Crippen LogP contribution in [0, 0.1) is 5.92 Å². The molecule has 0 aromatic carbocycles. The minimum atomic E-state index is 0.295. The Morgan fingerprint density at radius 2 is 2.20 bits per heavy atom. The Bertz CT molecular complexity index is 441. The molecule has 0 aliphatic carbocycles.